The van der Waals surface area contributed by atoms with Gasteiger partial charge in [-0.15, -0.1) is 0 Å². The van der Waals surface area contributed by atoms with Crippen molar-refractivity contribution >= 4 is 27.2 Å². The number of allylic oxidation sites excluding steroid dienone is 1. The van der Waals surface area contributed by atoms with Gasteiger partial charge >= 0.3 is 0 Å². The third-order valence-electron chi connectivity index (χ3n) is 5.53. The van der Waals surface area contributed by atoms with Crippen LogP contribution >= 0.6 is 15.9 Å². The molecule has 0 aromatic heterocycles. The van der Waals surface area contributed by atoms with Crippen LogP contribution in [0.25, 0.3) is 16.7 Å². The minimum Gasteiger partial charge on any atom is -0.480 e. The van der Waals surface area contributed by atoms with Gasteiger partial charge in [0.15, 0.2) is 6.10 Å². The van der Waals surface area contributed by atoms with E-state index in [-0.39, 0.29) is 11.6 Å². The number of ether oxygens (including phenoxy) is 1. The van der Waals surface area contributed by atoms with E-state index in [0.29, 0.717) is 0 Å². The molecule has 1 N–H and O–H groups in total. The molecule has 28 heavy (non-hydrogen) atoms. The van der Waals surface area contributed by atoms with E-state index in [0.717, 1.165) is 21.3 Å². The van der Waals surface area contributed by atoms with Crippen molar-refractivity contribution in [2.24, 2.45) is 0 Å². The molecular formula is C25H22BrNO. The van der Waals surface area contributed by atoms with Crippen molar-refractivity contribution in [3.63, 3.8) is 0 Å². The second-order valence-corrected chi connectivity index (χ2v) is 9.08. The van der Waals surface area contributed by atoms with Gasteiger partial charge < -0.3 is 10.1 Å². The Morgan fingerprint density at radius 3 is 2.46 bits per heavy atom. The summed E-state index contributed by atoms with van der Waals surface area (Å²) in [4.78, 5) is 0. The summed E-state index contributed by atoms with van der Waals surface area (Å²) in [6, 6.07) is 21.2. The van der Waals surface area contributed by atoms with Crippen molar-refractivity contribution in [2.45, 2.75) is 32.4 Å². The summed E-state index contributed by atoms with van der Waals surface area (Å²) in [6.45, 7) is 6.62. The van der Waals surface area contributed by atoms with Gasteiger partial charge in [0.2, 0.25) is 0 Å². The molecule has 0 spiro atoms. The van der Waals surface area contributed by atoms with E-state index in [1.54, 1.807) is 0 Å². The Morgan fingerprint density at radius 2 is 1.68 bits per heavy atom. The highest BCUT2D eigenvalue weighted by molar-refractivity contribution is 9.10. The quantitative estimate of drug-likeness (QED) is 0.439. The van der Waals surface area contributed by atoms with Gasteiger partial charge in [-0.05, 0) is 61.7 Å². The van der Waals surface area contributed by atoms with Crippen molar-refractivity contribution in [1.82, 2.24) is 0 Å². The van der Waals surface area contributed by atoms with E-state index in [9.17, 15) is 0 Å². The normalized spacial score (nSPS) is 18.7. The number of halogens is 1. The molecule has 0 saturated heterocycles. The average molecular weight is 432 g/mol. The van der Waals surface area contributed by atoms with E-state index in [2.05, 4.69) is 103 Å². The monoisotopic (exact) mass is 431 g/mol. The van der Waals surface area contributed by atoms with Crippen LogP contribution in [0.2, 0.25) is 0 Å². The lowest BCUT2D eigenvalue weighted by atomic mass is 9.80. The molecule has 3 aromatic carbocycles. The summed E-state index contributed by atoms with van der Waals surface area (Å²) >= 11 is 3.55. The van der Waals surface area contributed by atoms with Gasteiger partial charge in [-0.2, -0.15) is 0 Å². The Labute approximate surface area is 174 Å². The molecule has 1 atom stereocenters. The lowest BCUT2D eigenvalue weighted by Gasteiger charge is -2.37. The number of anilines is 1. The fourth-order valence-electron chi connectivity index (χ4n) is 4.50. The molecule has 2 aliphatic heterocycles. The first-order valence-electron chi connectivity index (χ1n) is 9.59. The van der Waals surface area contributed by atoms with Crippen LogP contribution in [0.15, 0.2) is 71.2 Å². The Hall–Kier alpha value is -2.52. The molecule has 0 saturated carbocycles. The van der Waals surface area contributed by atoms with Crippen LogP contribution in [-0.2, 0) is 0 Å². The zero-order valence-corrected chi connectivity index (χ0v) is 17.8. The predicted octanol–water partition coefficient (Wildman–Crippen LogP) is 7.21. The summed E-state index contributed by atoms with van der Waals surface area (Å²) in [5.74, 6) is 0.939. The molecule has 0 unspecified atom stereocenters. The number of hydrogen-bond donors (Lipinski definition) is 1. The Bertz CT molecular complexity index is 1110. The first-order chi connectivity index (χ1) is 13.4. The maximum absolute atomic E-state index is 6.58. The van der Waals surface area contributed by atoms with Crippen molar-refractivity contribution in [2.75, 3.05) is 5.32 Å². The highest BCUT2D eigenvalue weighted by Crippen LogP contribution is 2.50. The van der Waals surface area contributed by atoms with Crippen LogP contribution in [0.1, 0.15) is 43.6 Å². The van der Waals surface area contributed by atoms with Gasteiger partial charge in [-0.3, -0.25) is 0 Å². The molecule has 0 bridgehead atoms. The molecule has 0 amide bonds. The van der Waals surface area contributed by atoms with Gasteiger partial charge in [0.25, 0.3) is 0 Å². The number of rotatable bonds is 1. The molecule has 0 fully saturated rings. The van der Waals surface area contributed by atoms with E-state index in [1.165, 1.54) is 28.0 Å². The first kappa shape index (κ1) is 17.6. The molecule has 3 heteroatoms. The Morgan fingerprint density at radius 1 is 0.929 bits per heavy atom. The predicted molar refractivity (Wildman–Crippen MR) is 120 cm³/mol. The molecule has 2 aliphatic rings. The molecule has 3 aromatic rings. The number of fused-ring (bicyclic) bond motifs is 5. The van der Waals surface area contributed by atoms with Crippen LogP contribution in [0, 0.1) is 0 Å². The smallest absolute Gasteiger partial charge is 0.150 e. The van der Waals surface area contributed by atoms with Gasteiger partial charge in [-0.1, -0.05) is 58.4 Å². The molecular weight excluding hydrogens is 410 g/mol. The van der Waals surface area contributed by atoms with Gasteiger partial charge in [0.1, 0.15) is 5.75 Å². The highest BCUT2D eigenvalue weighted by Gasteiger charge is 2.34. The summed E-state index contributed by atoms with van der Waals surface area (Å²) in [7, 11) is 0. The van der Waals surface area contributed by atoms with Gasteiger partial charge in [-0.25, -0.2) is 0 Å². The maximum atomic E-state index is 6.58. The maximum Gasteiger partial charge on any atom is 0.150 e. The van der Waals surface area contributed by atoms with Crippen molar-refractivity contribution in [3.05, 3.63) is 87.9 Å². The zero-order chi connectivity index (χ0) is 19.5. The SMILES string of the molecule is CC1=CC(C)(C)Nc2ccc3c(c21)[C@H](c1ccc(Br)cc1)Oc1ccccc1-3. The number of benzene rings is 3. The molecule has 2 nitrogen and oxygen atoms in total. The second-order valence-electron chi connectivity index (χ2n) is 8.17. The lowest BCUT2D eigenvalue weighted by molar-refractivity contribution is 0.243. The Kier molecular flexibility index (Phi) is 3.92. The van der Waals surface area contributed by atoms with Crippen molar-refractivity contribution < 1.29 is 4.74 Å². The van der Waals surface area contributed by atoms with E-state index < -0.39 is 0 Å². The number of para-hydroxylation sites is 1. The van der Waals surface area contributed by atoms with Crippen LogP contribution in [-0.4, -0.2) is 5.54 Å². The molecule has 5 rings (SSSR count). The summed E-state index contributed by atoms with van der Waals surface area (Å²) in [5.41, 5.74) is 8.48. The fraction of sp³-hybridized carbons (Fsp3) is 0.200. The molecule has 0 aliphatic carbocycles. The van der Waals surface area contributed by atoms with E-state index in [1.807, 2.05) is 6.07 Å². The van der Waals surface area contributed by atoms with Crippen molar-refractivity contribution in [3.8, 4) is 16.9 Å². The summed E-state index contributed by atoms with van der Waals surface area (Å²) < 4.78 is 7.65. The third-order valence-corrected chi connectivity index (χ3v) is 6.06. The summed E-state index contributed by atoms with van der Waals surface area (Å²) in [5, 5.41) is 3.68. The van der Waals surface area contributed by atoms with Crippen LogP contribution < -0.4 is 10.1 Å². The van der Waals surface area contributed by atoms with Gasteiger partial charge in [0, 0.05) is 26.9 Å². The number of hydrogen-bond acceptors (Lipinski definition) is 2. The second kappa shape index (κ2) is 6.25. The molecule has 0 radical (unpaired) electrons. The first-order valence-corrected chi connectivity index (χ1v) is 10.4. The minimum absolute atomic E-state index is 0.0636. The summed E-state index contributed by atoms with van der Waals surface area (Å²) in [6.07, 6.45) is 2.17. The van der Waals surface area contributed by atoms with Crippen LogP contribution in [0.5, 0.6) is 5.75 Å². The van der Waals surface area contributed by atoms with Crippen LogP contribution in [0.4, 0.5) is 5.69 Å². The Balaban J connectivity index is 1.80. The fourth-order valence-corrected chi connectivity index (χ4v) is 4.77. The third kappa shape index (κ3) is 2.77. The van der Waals surface area contributed by atoms with Crippen LogP contribution in [0.3, 0.4) is 0 Å². The standard InChI is InChI=1S/C25H22BrNO/c1-15-14-25(2,3)27-20-13-12-19-18-6-4-5-7-21(18)28-24(23(19)22(15)20)16-8-10-17(26)11-9-16/h4-14,24,27H,1-3H3/t24-/m0/s1. The average Bonchev–Trinajstić information content (AvgIpc) is 2.66. The van der Waals surface area contributed by atoms with E-state index in [4.69, 9.17) is 4.74 Å². The largest absolute Gasteiger partial charge is 0.480 e. The van der Waals surface area contributed by atoms with Gasteiger partial charge in [0.05, 0.1) is 5.54 Å². The lowest BCUT2D eigenvalue weighted by Crippen LogP contribution is -2.32. The molecule has 2 heterocycles. The van der Waals surface area contributed by atoms with Crippen molar-refractivity contribution in [1.29, 1.82) is 0 Å². The molecule has 140 valence electrons. The van der Waals surface area contributed by atoms with E-state index >= 15 is 0 Å². The zero-order valence-electron chi connectivity index (χ0n) is 16.2. The topological polar surface area (TPSA) is 21.3 Å². The highest BCUT2D eigenvalue weighted by atomic mass is 79.9. The number of nitrogens with one attached hydrogen (secondary N) is 1. The minimum atomic E-state index is -0.140.